The van der Waals surface area contributed by atoms with Gasteiger partial charge in [0.1, 0.15) is 5.41 Å². The second-order valence-corrected chi connectivity index (χ2v) is 7.51. The van der Waals surface area contributed by atoms with Crippen molar-refractivity contribution in [1.82, 2.24) is 9.80 Å². The van der Waals surface area contributed by atoms with Crippen molar-refractivity contribution < 1.29 is 19.2 Å². The predicted molar refractivity (Wildman–Crippen MR) is 100 cm³/mol. The van der Waals surface area contributed by atoms with E-state index < -0.39 is 35.6 Å². The molecule has 1 heterocycles. The number of nitrogens with zero attached hydrogens (tertiary/aromatic N) is 2. The minimum Gasteiger partial charge on any atom is -0.292 e. The number of allylic oxidation sites excluding steroid dienone is 1. The van der Waals surface area contributed by atoms with Gasteiger partial charge < -0.3 is 0 Å². The molecule has 2 aliphatic rings. The fraction of sp³-hybridized carbons (Fsp3) is 0.400. The Balaban J connectivity index is 1.93. The van der Waals surface area contributed by atoms with Gasteiger partial charge in [-0.05, 0) is 50.3 Å². The third kappa shape index (κ3) is 3.30. The quantitative estimate of drug-likeness (QED) is 0.449. The predicted octanol–water partition coefficient (Wildman–Crippen LogP) is 3.45. The number of hydrogen-bond donors (Lipinski definition) is 0. The van der Waals surface area contributed by atoms with Crippen molar-refractivity contribution in [2.24, 2.45) is 5.41 Å². The van der Waals surface area contributed by atoms with Crippen LogP contribution >= 0.6 is 11.6 Å². The standard InChI is InChI=1S/C20H21ClN2O4/c1-20(14-8-4-3-5-9-14)17(25)22(2)19(27)23(18(20)26)12-16(24)13-7-6-10-15(21)11-13/h6-8,10-11H,3-5,9,12H2,1-2H3. The smallest absolute Gasteiger partial charge is 0.292 e. The average molecular weight is 389 g/mol. The van der Waals surface area contributed by atoms with Crippen molar-refractivity contribution in [2.45, 2.75) is 32.6 Å². The molecule has 27 heavy (non-hydrogen) atoms. The highest BCUT2D eigenvalue weighted by Gasteiger charge is 2.55. The molecule has 142 valence electrons. The first-order valence-corrected chi connectivity index (χ1v) is 9.27. The Bertz CT molecular complexity index is 863. The van der Waals surface area contributed by atoms with E-state index in [4.69, 9.17) is 11.6 Å². The van der Waals surface area contributed by atoms with Crippen molar-refractivity contribution >= 4 is 35.2 Å². The van der Waals surface area contributed by atoms with Gasteiger partial charge in [-0.1, -0.05) is 29.8 Å². The van der Waals surface area contributed by atoms with E-state index in [0.29, 0.717) is 17.0 Å². The first-order valence-electron chi connectivity index (χ1n) is 8.89. The zero-order valence-electron chi connectivity index (χ0n) is 15.3. The van der Waals surface area contributed by atoms with Crippen LogP contribution in [0, 0.1) is 5.41 Å². The van der Waals surface area contributed by atoms with Crippen LogP contribution in [0.1, 0.15) is 43.0 Å². The Morgan fingerprint density at radius 2 is 1.93 bits per heavy atom. The molecule has 4 amide bonds. The molecule has 0 radical (unpaired) electrons. The number of hydrogen-bond acceptors (Lipinski definition) is 4. The lowest BCUT2D eigenvalue weighted by atomic mass is 9.73. The molecule has 1 aromatic carbocycles. The lowest BCUT2D eigenvalue weighted by Crippen LogP contribution is -2.64. The van der Waals surface area contributed by atoms with Crippen LogP contribution in [0.25, 0.3) is 0 Å². The van der Waals surface area contributed by atoms with Gasteiger partial charge in [-0.15, -0.1) is 0 Å². The van der Waals surface area contributed by atoms with Crippen LogP contribution < -0.4 is 0 Å². The van der Waals surface area contributed by atoms with E-state index in [1.165, 1.54) is 13.1 Å². The second kappa shape index (κ2) is 7.27. The maximum atomic E-state index is 13.2. The van der Waals surface area contributed by atoms with Crippen LogP contribution in [0.5, 0.6) is 0 Å². The summed E-state index contributed by atoms with van der Waals surface area (Å²) in [6, 6.07) is 5.54. The third-order valence-corrected chi connectivity index (χ3v) is 5.54. The van der Waals surface area contributed by atoms with Crippen molar-refractivity contribution in [3.8, 4) is 0 Å². The van der Waals surface area contributed by atoms with Crippen molar-refractivity contribution in [1.29, 1.82) is 0 Å². The van der Waals surface area contributed by atoms with Gasteiger partial charge in [-0.2, -0.15) is 0 Å². The number of ketones is 1. The van der Waals surface area contributed by atoms with Crippen molar-refractivity contribution in [3.63, 3.8) is 0 Å². The molecule has 0 N–H and O–H groups in total. The number of urea groups is 1. The fourth-order valence-electron chi connectivity index (χ4n) is 3.65. The summed E-state index contributed by atoms with van der Waals surface area (Å²) in [6.07, 6.45) is 5.24. The number of amides is 4. The van der Waals surface area contributed by atoms with Gasteiger partial charge in [0.25, 0.3) is 5.91 Å². The number of halogens is 1. The summed E-state index contributed by atoms with van der Waals surface area (Å²) in [5.41, 5.74) is -0.415. The minimum atomic E-state index is -1.45. The van der Waals surface area contributed by atoms with E-state index in [2.05, 4.69) is 0 Å². The molecule has 0 spiro atoms. The monoisotopic (exact) mass is 388 g/mol. The molecule has 1 unspecified atom stereocenters. The lowest BCUT2D eigenvalue weighted by molar-refractivity contribution is -0.153. The molecular formula is C20H21ClN2O4. The minimum absolute atomic E-state index is 0.307. The molecule has 1 saturated heterocycles. The third-order valence-electron chi connectivity index (χ3n) is 5.30. The van der Waals surface area contributed by atoms with Gasteiger partial charge >= 0.3 is 6.03 Å². The number of carbonyl (C=O) groups is 4. The van der Waals surface area contributed by atoms with Gasteiger partial charge in [0, 0.05) is 17.6 Å². The summed E-state index contributed by atoms with van der Waals surface area (Å²) in [6.45, 7) is 1.12. The molecule has 0 bridgehead atoms. The maximum absolute atomic E-state index is 13.2. The maximum Gasteiger partial charge on any atom is 0.333 e. The number of imide groups is 2. The Kier molecular flexibility index (Phi) is 5.20. The molecule has 1 atom stereocenters. The molecule has 0 aromatic heterocycles. The van der Waals surface area contributed by atoms with E-state index in [9.17, 15) is 19.2 Å². The molecule has 1 aliphatic heterocycles. The first-order chi connectivity index (χ1) is 12.8. The van der Waals surface area contributed by atoms with Gasteiger partial charge in [0.2, 0.25) is 5.91 Å². The topological polar surface area (TPSA) is 74.8 Å². The summed E-state index contributed by atoms with van der Waals surface area (Å²) in [7, 11) is 1.34. The van der Waals surface area contributed by atoms with E-state index >= 15 is 0 Å². The van der Waals surface area contributed by atoms with Gasteiger partial charge in [-0.25, -0.2) is 4.79 Å². The van der Waals surface area contributed by atoms with Crippen molar-refractivity contribution in [3.05, 3.63) is 46.5 Å². The largest absolute Gasteiger partial charge is 0.333 e. The van der Waals surface area contributed by atoms with E-state index in [0.717, 1.165) is 34.6 Å². The Morgan fingerprint density at radius 1 is 1.19 bits per heavy atom. The van der Waals surface area contributed by atoms with Gasteiger partial charge in [-0.3, -0.25) is 24.2 Å². The molecule has 6 nitrogen and oxygen atoms in total. The van der Waals surface area contributed by atoms with Crippen molar-refractivity contribution in [2.75, 3.05) is 13.6 Å². The van der Waals surface area contributed by atoms with Crippen LogP contribution in [0.2, 0.25) is 5.02 Å². The van der Waals surface area contributed by atoms with Crippen LogP contribution in [0.3, 0.4) is 0 Å². The molecule has 3 rings (SSSR count). The number of Topliss-reactive ketones (excluding diaryl/α,β-unsaturated/α-hetero) is 1. The Morgan fingerprint density at radius 3 is 2.56 bits per heavy atom. The summed E-state index contributed by atoms with van der Waals surface area (Å²) >= 11 is 5.92. The van der Waals surface area contributed by atoms with Crippen LogP contribution in [0.4, 0.5) is 4.79 Å². The normalized spacial score (nSPS) is 23.5. The average Bonchev–Trinajstić information content (AvgIpc) is 2.68. The number of benzene rings is 1. The summed E-state index contributed by atoms with van der Waals surface area (Å²) in [4.78, 5) is 53.0. The molecule has 1 aliphatic carbocycles. The summed E-state index contributed by atoms with van der Waals surface area (Å²) in [5.74, 6) is -1.60. The lowest BCUT2D eigenvalue weighted by Gasteiger charge is -2.42. The van der Waals surface area contributed by atoms with Crippen LogP contribution in [-0.4, -0.2) is 47.0 Å². The number of barbiturate groups is 1. The summed E-state index contributed by atoms with van der Waals surface area (Å²) < 4.78 is 0. The molecule has 0 saturated carbocycles. The van der Waals surface area contributed by atoms with E-state index in [1.54, 1.807) is 25.1 Å². The first kappa shape index (κ1) is 19.3. The zero-order chi connectivity index (χ0) is 19.8. The van der Waals surface area contributed by atoms with Gasteiger partial charge in [0.15, 0.2) is 5.78 Å². The molecular weight excluding hydrogens is 368 g/mol. The molecule has 1 fully saturated rings. The Labute approximate surface area is 162 Å². The highest BCUT2D eigenvalue weighted by atomic mass is 35.5. The number of carbonyl (C=O) groups excluding carboxylic acids is 4. The second-order valence-electron chi connectivity index (χ2n) is 7.07. The highest BCUT2D eigenvalue weighted by molar-refractivity contribution is 6.31. The Hall–Kier alpha value is -2.47. The SMILES string of the molecule is CN1C(=O)N(CC(=O)c2cccc(Cl)c2)C(=O)C(C)(C2=CCCCC2)C1=O. The van der Waals surface area contributed by atoms with Crippen LogP contribution in [0.15, 0.2) is 35.9 Å². The van der Waals surface area contributed by atoms with E-state index in [1.807, 2.05) is 6.08 Å². The van der Waals surface area contributed by atoms with E-state index in [-0.39, 0.29) is 0 Å². The van der Waals surface area contributed by atoms with Gasteiger partial charge in [0.05, 0.1) is 6.54 Å². The van der Waals surface area contributed by atoms with Crippen LogP contribution in [-0.2, 0) is 9.59 Å². The number of rotatable bonds is 4. The zero-order valence-corrected chi connectivity index (χ0v) is 16.1. The summed E-state index contributed by atoms with van der Waals surface area (Å²) in [5, 5.41) is 0.390. The fourth-order valence-corrected chi connectivity index (χ4v) is 3.85. The molecule has 1 aromatic rings. The highest BCUT2D eigenvalue weighted by Crippen LogP contribution is 2.40. The molecule has 7 heteroatoms.